The quantitative estimate of drug-likeness (QED) is 0.140. The van der Waals surface area contributed by atoms with Crippen molar-refractivity contribution in [3.8, 4) is 11.5 Å². The maximum atomic E-state index is 13.7. The Bertz CT molecular complexity index is 1120. The normalized spacial score (nSPS) is 15.4. The first-order valence-corrected chi connectivity index (χ1v) is 13.2. The van der Waals surface area contributed by atoms with E-state index in [2.05, 4.69) is 11.9 Å². The number of phenolic OH excluding ortho intramolecular Hbond substituents is 2. The van der Waals surface area contributed by atoms with E-state index in [1.807, 2.05) is 20.8 Å². The van der Waals surface area contributed by atoms with Crippen LogP contribution in [0.3, 0.4) is 0 Å². The van der Waals surface area contributed by atoms with Gasteiger partial charge in [0, 0.05) is 6.54 Å². The molecule has 10 heteroatoms. The molecule has 224 valence electrons. The monoisotopic (exact) mass is 563 g/mol. The summed E-state index contributed by atoms with van der Waals surface area (Å²) in [5, 5.41) is 52.3. The number of benzene rings is 1. The summed E-state index contributed by atoms with van der Waals surface area (Å²) in [6, 6.07) is 4.29. The Morgan fingerprint density at radius 1 is 0.850 bits per heavy atom. The molecule has 4 unspecified atom stereocenters. The van der Waals surface area contributed by atoms with Crippen molar-refractivity contribution >= 4 is 23.8 Å². The molecule has 0 aliphatic carbocycles. The summed E-state index contributed by atoms with van der Waals surface area (Å²) < 4.78 is 0. The van der Waals surface area contributed by atoms with Crippen LogP contribution in [-0.4, -0.2) is 55.9 Å². The lowest BCUT2D eigenvalue weighted by Gasteiger charge is -2.48. The number of carbonyl (C=O) groups excluding carboxylic acids is 1. The fourth-order valence-corrected chi connectivity index (χ4v) is 5.25. The van der Waals surface area contributed by atoms with Gasteiger partial charge in [-0.3, -0.25) is 19.2 Å². The van der Waals surface area contributed by atoms with Crippen molar-refractivity contribution in [1.29, 1.82) is 0 Å². The Kier molecular flexibility index (Phi) is 11.0. The van der Waals surface area contributed by atoms with Crippen LogP contribution in [0.1, 0.15) is 67.4 Å². The summed E-state index contributed by atoms with van der Waals surface area (Å²) in [6.07, 6.45) is 0.0191. The number of carboxylic acids is 3. The maximum absolute atomic E-state index is 13.7. The van der Waals surface area contributed by atoms with Gasteiger partial charge in [0.15, 0.2) is 11.5 Å². The minimum Gasteiger partial charge on any atom is -0.504 e. The molecule has 6 N–H and O–H groups in total. The summed E-state index contributed by atoms with van der Waals surface area (Å²) in [4.78, 5) is 50.9. The van der Waals surface area contributed by atoms with E-state index < -0.39 is 63.7 Å². The maximum Gasteiger partial charge on any atom is 0.311 e. The average molecular weight is 564 g/mol. The first-order valence-electron chi connectivity index (χ1n) is 13.2. The van der Waals surface area contributed by atoms with Crippen molar-refractivity contribution in [3.63, 3.8) is 0 Å². The number of hydrogen-bond acceptors (Lipinski definition) is 6. The van der Waals surface area contributed by atoms with Crippen LogP contribution in [0.2, 0.25) is 0 Å². The first kappa shape index (κ1) is 34.5. The molecule has 0 aliphatic rings. The van der Waals surface area contributed by atoms with Crippen LogP contribution in [0.25, 0.3) is 0 Å². The molecule has 1 aromatic rings. The molecule has 0 aromatic heterocycles. The fraction of sp³-hybridized carbons (Fsp3) is 0.600. The number of nitrogens with one attached hydrogen (secondary N) is 1. The van der Waals surface area contributed by atoms with Gasteiger partial charge in [-0.2, -0.15) is 0 Å². The Morgan fingerprint density at radius 2 is 1.40 bits per heavy atom. The molecule has 1 amide bonds. The largest absolute Gasteiger partial charge is 0.504 e. The molecule has 0 spiro atoms. The predicted octanol–water partition coefficient (Wildman–Crippen LogP) is 4.54. The number of rotatable bonds is 14. The molecule has 1 aromatic carbocycles. The van der Waals surface area contributed by atoms with Gasteiger partial charge in [-0.15, -0.1) is 0 Å². The van der Waals surface area contributed by atoms with E-state index in [0.29, 0.717) is 12.0 Å². The lowest BCUT2D eigenvalue weighted by molar-refractivity contribution is -0.162. The summed E-state index contributed by atoms with van der Waals surface area (Å²) in [5.74, 6) is -10.6. The standard InChI is InChI=1S/C30H45NO9/c1-16(2)21(26(37)38)23(27(39)40)29(6,7)15-18(25(35)36)22(30(8,9)28(3,4)5)24(34)31-13-12-17-10-11-19(32)20(33)14-17/h10-11,14,18,21-23,32-33H,1,12-13,15H2,2-9H3,(H,31,34)(H,35,36)(H,37,38)(H,39,40). The van der Waals surface area contributed by atoms with E-state index >= 15 is 0 Å². The fourth-order valence-electron chi connectivity index (χ4n) is 5.25. The second-order valence-corrected chi connectivity index (χ2v) is 12.9. The Balaban J connectivity index is 3.50. The van der Waals surface area contributed by atoms with Crippen LogP contribution in [0.15, 0.2) is 30.4 Å². The molecular formula is C30H45NO9. The molecule has 40 heavy (non-hydrogen) atoms. The third-order valence-corrected chi connectivity index (χ3v) is 8.45. The van der Waals surface area contributed by atoms with Gasteiger partial charge in [-0.05, 0) is 53.7 Å². The minimum absolute atomic E-state index is 0.115. The molecule has 10 nitrogen and oxygen atoms in total. The lowest BCUT2D eigenvalue weighted by Crippen LogP contribution is -2.52. The van der Waals surface area contributed by atoms with Crippen LogP contribution in [-0.2, 0) is 25.6 Å². The van der Waals surface area contributed by atoms with Crippen LogP contribution >= 0.6 is 0 Å². The summed E-state index contributed by atoms with van der Waals surface area (Å²) in [6.45, 7) is 17.5. The second-order valence-electron chi connectivity index (χ2n) is 12.9. The third-order valence-electron chi connectivity index (χ3n) is 8.45. The van der Waals surface area contributed by atoms with E-state index in [4.69, 9.17) is 0 Å². The Hall–Kier alpha value is -3.56. The molecule has 0 fully saturated rings. The van der Waals surface area contributed by atoms with Gasteiger partial charge >= 0.3 is 17.9 Å². The topological polar surface area (TPSA) is 181 Å². The molecule has 0 heterocycles. The number of aromatic hydroxyl groups is 2. The van der Waals surface area contributed by atoms with Gasteiger partial charge in [0.1, 0.15) is 0 Å². The highest BCUT2D eigenvalue weighted by atomic mass is 16.4. The Morgan fingerprint density at radius 3 is 1.80 bits per heavy atom. The summed E-state index contributed by atoms with van der Waals surface area (Å²) in [5.41, 5.74) is -2.03. The van der Waals surface area contributed by atoms with Crippen molar-refractivity contribution in [2.75, 3.05) is 6.54 Å². The van der Waals surface area contributed by atoms with E-state index in [0.717, 1.165) is 0 Å². The first-order chi connectivity index (χ1) is 18.1. The zero-order valence-corrected chi connectivity index (χ0v) is 24.7. The molecular weight excluding hydrogens is 518 g/mol. The zero-order valence-electron chi connectivity index (χ0n) is 24.7. The van der Waals surface area contributed by atoms with Crippen molar-refractivity contribution in [1.82, 2.24) is 5.32 Å². The van der Waals surface area contributed by atoms with Crippen molar-refractivity contribution in [3.05, 3.63) is 35.9 Å². The van der Waals surface area contributed by atoms with Gasteiger partial charge in [-0.25, -0.2) is 0 Å². The number of carboxylic acid groups (broad SMARTS) is 3. The summed E-state index contributed by atoms with van der Waals surface area (Å²) in [7, 11) is 0. The number of phenols is 2. The average Bonchev–Trinajstić information content (AvgIpc) is 2.77. The van der Waals surface area contributed by atoms with Gasteiger partial charge in [0.05, 0.1) is 23.7 Å². The van der Waals surface area contributed by atoms with E-state index in [9.17, 15) is 44.7 Å². The highest BCUT2D eigenvalue weighted by Crippen LogP contribution is 2.51. The number of carbonyl (C=O) groups is 4. The zero-order chi connectivity index (χ0) is 31.4. The number of hydrogen-bond donors (Lipinski definition) is 6. The lowest BCUT2D eigenvalue weighted by atomic mass is 9.55. The van der Waals surface area contributed by atoms with Gasteiger partial charge < -0.3 is 30.8 Å². The molecule has 0 aliphatic heterocycles. The van der Waals surface area contributed by atoms with Crippen molar-refractivity contribution in [2.24, 2.45) is 39.9 Å². The van der Waals surface area contributed by atoms with Gasteiger partial charge in [0.2, 0.25) is 5.91 Å². The van der Waals surface area contributed by atoms with Gasteiger partial charge in [-0.1, -0.05) is 66.7 Å². The van der Waals surface area contributed by atoms with E-state index in [1.54, 1.807) is 19.9 Å². The third kappa shape index (κ3) is 7.99. The highest BCUT2D eigenvalue weighted by molar-refractivity contribution is 5.86. The van der Waals surface area contributed by atoms with Crippen molar-refractivity contribution in [2.45, 2.75) is 68.2 Å². The highest BCUT2D eigenvalue weighted by Gasteiger charge is 2.53. The number of aliphatic carboxylic acids is 3. The van der Waals surface area contributed by atoms with Crippen LogP contribution < -0.4 is 5.32 Å². The molecule has 1 rings (SSSR count). The van der Waals surface area contributed by atoms with Crippen LogP contribution in [0.5, 0.6) is 11.5 Å². The molecule has 0 saturated carbocycles. The smallest absolute Gasteiger partial charge is 0.311 e. The molecule has 4 atom stereocenters. The Labute approximate surface area is 236 Å². The minimum atomic E-state index is -1.49. The number of amides is 1. The van der Waals surface area contributed by atoms with Gasteiger partial charge in [0.25, 0.3) is 0 Å². The molecule has 0 radical (unpaired) electrons. The molecule has 0 saturated heterocycles. The van der Waals surface area contributed by atoms with E-state index in [-0.39, 0.29) is 30.0 Å². The summed E-state index contributed by atoms with van der Waals surface area (Å²) >= 11 is 0. The molecule has 0 bridgehead atoms. The van der Waals surface area contributed by atoms with E-state index in [1.165, 1.54) is 32.9 Å². The van der Waals surface area contributed by atoms with Crippen molar-refractivity contribution < 1.29 is 44.7 Å². The van der Waals surface area contributed by atoms with Crippen LogP contribution in [0.4, 0.5) is 0 Å². The second kappa shape index (κ2) is 12.7. The SMILES string of the molecule is C=C(C)C(C(=O)O)C(C(=O)O)C(C)(C)CC(C(=O)O)C(C(=O)NCCc1ccc(O)c(O)c1)C(C)(C)C(C)(C)C. The van der Waals surface area contributed by atoms with Crippen LogP contribution in [0, 0.1) is 39.9 Å². The predicted molar refractivity (Wildman–Crippen MR) is 150 cm³/mol.